The highest BCUT2D eigenvalue weighted by Gasteiger charge is 2.18. The van der Waals surface area contributed by atoms with E-state index in [9.17, 15) is 4.79 Å². The van der Waals surface area contributed by atoms with E-state index in [2.05, 4.69) is 36.2 Å². The van der Waals surface area contributed by atoms with Gasteiger partial charge >= 0.3 is 0 Å². The molecule has 3 rings (SSSR count). The van der Waals surface area contributed by atoms with E-state index < -0.39 is 0 Å². The summed E-state index contributed by atoms with van der Waals surface area (Å²) < 4.78 is 0. The van der Waals surface area contributed by atoms with Gasteiger partial charge in [0, 0.05) is 59.6 Å². The van der Waals surface area contributed by atoms with Crippen LogP contribution in [0, 0.1) is 5.92 Å². The van der Waals surface area contributed by atoms with Crippen molar-refractivity contribution in [3.63, 3.8) is 0 Å². The van der Waals surface area contributed by atoms with E-state index in [0.717, 1.165) is 46.4 Å². The molecule has 6 nitrogen and oxygen atoms in total. The first-order valence-corrected chi connectivity index (χ1v) is 13.1. The first-order valence-electron chi connectivity index (χ1n) is 12.3. The highest BCUT2D eigenvalue weighted by molar-refractivity contribution is 7.99. The maximum absolute atomic E-state index is 12.8. The summed E-state index contributed by atoms with van der Waals surface area (Å²) in [6, 6.07) is 14.1. The zero-order chi connectivity index (χ0) is 25.1. The number of aliphatic imine (C=N–C) groups is 1. The van der Waals surface area contributed by atoms with Crippen LogP contribution < -0.4 is 16.8 Å². The molecule has 0 fully saturated rings. The third-order valence-corrected chi connectivity index (χ3v) is 6.30. The molecule has 0 spiro atoms. The van der Waals surface area contributed by atoms with Crippen LogP contribution in [-0.2, 0) is 0 Å². The molecule has 7 heteroatoms. The first-order chi connectivity index (χ1) is 16.4. The van der Waals surface area contributed by atoms with Crippen molar-refractivity contribution in [2.24, 2.45) is 22.4 Å². The molecule has 34 heavy (non-hydrogen) atoms. The van der Waals surface area contributed by atoms with Gasteiger partial charge in [-0.2, -0.15) is 0 Å². The molecule has 0 aliphatic carbocycles. The van der Waals surface area contributed by atoms with Crippen molar-refractivity contribution < 1.29 is 4.79 Å². The van der Waals surface area contributed by atoms with Gasteiger partial charge in [-0.1, -0.05) is 57.7 Å². The minimum atomic E-state index is -0.0829. The average Bonchev–Trinajstić information content (AvgIpc) is 2.95. The molecular weight excluding hydrogens is 442 g/mol. The molecule has 1 atom stereocenters. The monoisotopic (exact) mass is 483 g/mol. The van der Waals surface area contributed by atoms with Gasteiger partial charge in [0.05, 0.1) is 11.4 Å². The van der Waals surface area contributed by atoms with E-state index in [1.165, 1.54) is 0 Å². The Hall–Kier alpha value is -2.19. The van der Waals surface area contributed by atoms with Crippen LogP contribution in [0.1, 0.15) is 57.0 Å². The van der Waals surface area contributed by atoms with Crippen molar-refractivity contribution in [3.05, 3.63) is 53.6 Å². The molecule has 0 radical (unpaired) electrons. The predicted octanol–water partition coefficient (Wildman–Crippen LogP) is 4.68. The van der Waals surface area contributed by atoms with Crippen molar-refractivity contribution in [1.29, 1.82) is 0 Å². The molecular formula is C27H41N5OS. The molecule has 0 bridgehead atoms. The number of carbonyl (C=O) groups excluding carboxylic acids is 1. The van der Waals surface area contributed by atoms with Crippen LogP contribution in [0.4, 0.5) is 5.69 Å². The van der Waals surface area contributed by atoms with Crippen LogP contribution in [0.5, 0.6) is 0 Å². The summed E-state index contributed by atoms with van der Waals surface area (Å²) in [7, 11) is 0. The van der Waals surface area contributed by atoms with Crippen molar-refractivity contribution in [2.45, 2.75) is 56.9 Å². The Labute approximate surface area is 209 Å². The molecule has 0 saturated heterocycles. The van der Waals surface area contributed by atoms with Gasteiger partial charge in [0.1, 0.15) is 0 Å². The van der Waals surface area contributed by atoms with Gasteiger partial charge in [-0.15, -0.1) is 0 Å². The molecule has 2 aromatic carbocycles. The SMILES string of the molecule is CC.CC(C)CN(CCNC(=O)c1ccc2c(c1)N=C(CCN)c1ccccc1S2)CC(C)N. The number of benzene rings is 2. The normalized spacial score (nSPS) is 13.3. The van der Waals surface area contributed by atoms with Gasteiger partial charge in [-0.05, 0) is 43.7 Å². The van der Waals surface area contributed by atoms with E-state index >= 15 is 0 Å². The highest BCUT2D eigenvalue weighted by Crippen LogP contribution is 2.41. The lowest BCUT2D eigenvalue weighted by Gasteiger charge is -2.26. The predicted molar refractivity (Wildman–Crippen MR) is 145 cm³/mol. The number of fused-ring (bicyclic) bond motifs is 2. The molecule has 1 aliphatic rings. The smallest absolute Gasteiger partial charge is 0.251 e. The third-order valence-electron chi connectivity index (χ3n) is 5.16. The zero-order valence-corrected chi connectivity index (χ0v) is 22.1. The standard InChI is InChI=1S/C25H35N5OS.C2H6/c1-17(2)15-30(16-18(3)27)13-12-28-25(31)19-8-9-24-22(14-19)29-21(10-11-26)20-6-4-5-7-23(20)32-24;1-2/h4-9,14,17-18H,10-13,15-16,26-27H2,1-3H3,(H,28,31);1-2H3. The molecule has 1 unspecified atom stereocenters. The fourth-order valence-electron chi connectivity index (χ4n) is 3.89. The zero-order valence-electron chi connectivity index (χ0n) is 21.3. The summed E-state index contributed by atoms with van der Waals surface area (Å²) >= 11 is 1.68. The Kier molecular flexibility index (Phi) is 11.8. The molecule has 1 aliphatic heterocycles. The van der Waals surface area contributed by atoms with Crippen LogP contribution >= 0.6 is 11.8 Å². The Bertz CT molecular complexity index is 948. The van der Waals surface area contributed by atoms with E-state index in [0.29, 0.717) is 31.0 Å². The van der Waals surface area contributed by atoms with Crippen LogP contribution in [0.15, 0.2) is 57.2 Å². The Morgan fingerprint density at radius 1 is 1.09 bits per heavy atom. The summed E-state index contributed by atoms with van der Waals surface area (Å²) in [6.07, 6.45) is 0.693. The van der Waals surface area contributed by atoms with Crippen molar-refractivity contribution in [2.75, 3.05) is 32.7 Å². The quantitative estimate of drug-likeness (QED) is 0.456. The van der Waals surface area contributed by atoms with Gasteiger partial charge in [-0.3, -0.25) is 14.7 Å². The summed E-state index contributed by atoms with van der Waals surface area (Å²) in [6.45, 7) is 14.1. The van der Waals surface area contributed by atoms with Crippen molar-refractivity contribution >= 4 is 29.1 Å². The number of nitrogens with two attached hydrogens (primary N) is 2. The Morgan fingerprint density at radius 3 is 2.50 bits per heavy atom. The van der Waals surface area contributed by atoms with Crippen molar-refractivity contribution in [1.82, 2.24) is 10.2 Å². The fourth-order valence-corrected chi connectivity index (χ4v) is 4.91. The largest absolute Gasteiger partial charge is 0.351 e. The van der Waals surface area contributed by atoms with Gasteiger partial charge < -0.3 is 16.8 Å². The Balaban J connectivity index is 0.00000199. The number of carbonyl (C=O) groups is 1. The highest BCUT2D eigenvalue weighted by atomic mass is 32.2. The lowest BCUT2D eigenvalue weighted by Crippen LogP contribution is -2.42. The fraction of sp³-hybridized carbons (Fsp3) is 0.481. The van der Waals surface area contributed by atoms with Crippen LogP contribution in [-0.4, -0.2) is 55.3 Å². The summed E-state index contributed by atoms with van der Waals surface area (Å²) in [5.74, 6) is 0.469. The van der Waals surface area contributed by atoms with Crippen LogP contribution in [0.3, 0.4) is 0 Å². The molecule has 1 amide bonds. The third kappa shape index (κ3) is 8.24. The molecule has 0 aromatic heterocycles. The van der Waals surface area contributed by atoms with Gasteiger partial charge in [0.15, 0.2) is 0 Å². The summed E-state index contributed by atoms with van der Waals surface area (Å²) in [4.78, 5) is 22.3. The second-order valence-corrected chi connectivity index (χ2v) is 9.85. The first kappa shape index (κ1) is 28.1. The van der Waals surface area contributed by atoms with Crippen LogP contribution in [0.2, 0.25) is 0 Å². The van der Waals surface area contributed by atoms with E-state index in [-0.39, 0.29) is 11.9 Å². The number of rotatable bonds is 10. The van der Waals surface area contributed by atoms with E-state index in [1.807, 2.05) is 51.1 Å². The lowest BCUT2D eigenvalue weighted by molar-refractivity contribution is 0.0947. The number of nitrogens with zero attached hydrogens (tertiary/aromatic N) is 2. The number of hydrogen-bond acceptors (Lipinski definition) is 6. The second kappa shape index (κ2) is 14.3. The minimum Gasteiger partial charge on any atom is -0.351 e. The maximum atomic E-state index is 12.8. The molecule has 2 aromatic rings. The van der Waals surface area contributed by atoms with Gasteiger partial charge in [-0.25, -0.2) is 0 Å². The number of hydrogen-bond donors (Lipinski definition) is 3. The van der Waals surface area contributed by atoms with E-state index in [1.54, 1.807) is 11.8 Å². The molecule has 186 valence electrons. The maximum Gasteiger partial charge on any atom is 0.251 e. The topological polar surface area (TPSA) is 96.7 Å². The minimum absolute atomic E-state index is 0.0829. The summed E-state index contributed by atoms with van der Waals surface area (Å²) in [5, 5.41) is 3.06. The van der Waals surface area contributed by atoms with Crippen molar-refractivity contribution in [3.8, 4) is 0 Å². The average molecular weight is 484 g/mol. The summed E-state index contributed by atoms with van der Waals surface area (Å²) in [5.41, 5.74) is 15.3. The lowest BCUT2D eigenvalue weighted by atomic mass is 10.1. The Morgan fingerprint density at radius 2 is 1.82 bits per heavy atom. The number of amides is 1. The van der Waals surface area contributed by atoms with Gasteiger partial charge in [0.25, 0.3) is 5.91 Å². The molecule has 0 saturated carbocycles. The molecule has 5 N–H and O–H groups in total. The second-order valence-electron chi connectivity index (χ2n) is 8.76. The van der Waals surface area contributed by atoms with Gasteiger partial charge in [0.2, 0.25) is 0 Å². The molecule has 1 heterocycles. The van der Waals surface area contributed by atoms with E-state index in [4.69, 9.17) is 16.5 Å². The number of nitrogens with one attached hydrogen (secondary N) is 1. The van der Waals surface area contributed by atoms with Crippen LogP contribution in [0.25, 0.3) is 0 Å².